The van der Waals surface area contributed by atoms with E-state index in [1.54, 1.807) is 0 Å². The molecule has 2 aliphatic heterocycles. The van der Waals surface area contributed by atoms with Gasteiger partial charge in [0.25, 0.3) is 0 Å². The van der Waals surface area contributed by atoms with Gasteiger partial charge in [0.05, 0.1) is 12.1 Å². The van der Waals surface area contributed by atoms with Gasteiger partial charge in [0.2, 0.25) is 0 Å². The molecule has 0 bridgehead atoms. The van der Waals surface area contributed by atoms with E-state index in [1.807, 2.05) is 0 Å². The third-order valence-corrected chi connectivity index (χ3v) is 4.97. The molecular formula is C16H29IN4O. The van der Waals surface area contributed by atoms with Crippen LogP contribution in [0.2, 0.25) is 0 Å². The van der Waals surface area contributed by atoms with Crippen molar-refractivity contribution in [3.63, 3.8) is 0 Å². The number of aliphatic hydroxyl groups is 1. The lowest BCUT2D eigenvalue weighted by Gasteiger charge is -2.35. The summed E-state index contributed by atoms with van der Waals surface area (Å²) < 4.78 is 0. The summed E-state index contributed by atoms with van der Waals surface area (Å²) in [7, 11) is 0. The summed E-state index contributed by atoms with van der Waals surface area (Å²) in [6, 6.07) is 0.635. The van der Waals surface area contributed by atoms with Gasteiger partial charge in [-0.15, -0.1) is 24.0 Å². The van der Waals surface area contributed by atoms with Gasteiger partial charge in [-0.2, -0.15) is 0 Å². The SMILES string of the molecule is CCNC(=NCC1(O)CCC1)N1CCC(N2CC=CC2)C1.I. The Morgan fingerprint density at radius 2 is 2.09 bits per heavy atom. The zero-order valence-corrected chi connectivity index (χ0v) is 15.8. The first-order chi connectivity index (χ1) is 10.2. The van der Waals surface area contributed by atoms with E-state index in [4.69, 9.17) is 4.99 Å². The molecule has 22 heavy (non-hydrogen) atoms. The number of aliphatic imine (C=N–C) groups is 1. The standard InChI is InChI=1S/C16H28N4O.HI/c1-2-17-15(18-13-16(21)7-5-8-16)20-11-6-14(12-20)19-9-3-4-10-19;/h3-4,14,21H,2,5-13H2,1H3,(H,17,18);1H. The fourth-order valence-electron chi connectivity index (χ4n) is 3.42. The van der Waals surface area contributed by atoms with Crippen LogP contribution in [0.1, 0.15) is 32.6 Å². The number of guanidine groups is 1. The first-order valence-corrected chi connectivity index (χ1v) is 8.35. The molecule has 0 aromatic carbocycles. The van der Waals surface area contributed by atoms with Crippen molar-refractivity contribution in [1.29, 1.82) is 0 Å². The molecule has 1 saturated carbocycles. The smallest absolute Gasteiger partial charge is 0.194 e. The Morgan fingerprint density at radius 1 is 1.36 bits per heavy atom. The second-order valence-corrected chi connectivity index (χ2v) is 6.56. The van der Waals surface area contributed by atoms with E-state index in [1.165, 1.54) is 6.42 Å². The molecule has 0 amide bonds. The Bertz CT molecular complexity index is 414. The van der Waals surface area contributed by atoms with Gasteiger partial charge in [0.1, 0.15) is 0 Å². The lowest BCUT2D eigenvalue weighted by molar-refractivity contribution is -0.0237. The van der Waals surface area contributed by atoms with E-state index >= 15 is 0 Å². The summed E-state index contributed by atoms with van der Waals surface area (Å²) in [6.45, 7) is 7.81. The second-order valence-electron chi connectivity index (χ2n) is 6.56. The van der Waals surface area contributed by atoms with Crippen LogP contribution in [0.5, 0.6) is 0 Å². The van der Waals surface area contributed by atoms with Crippen LogP contribution in [-0.4, -0.2) is 71.8 Å². The lowest BCUT2D eigenvalue weighted by Crippen LogP contribution is -2.45. The zero-order chi connectivity index (χ0) is 14.7. The van der Waals surface area contributed by atoms with Gasteiger partial charge in [-0.05, 0) is 32.6 Å². The zero-order valence-electron chi connectivity index (χ0n) is 13.5. The van der Waals surface area contributed by atoms with Gasteiger partial charge < -0.3 is 15.3 Å². The van der Waals surface area contributed by atoms with Crippen LogP contribution in [0, 0.1) is 0 Å². The maximum absolute atomic E-state index is 10.2. The predicted octanol–water partition coefficient (Wildman–Crippen LogP) is 1.43. The number of nitrogens with one attached hydrogen (secondary N) is 1. The van der Waals surface area contributed by atoms with E-state index < -0.39 is 5.60 Å². The largest absolute Gasteiger partial charge is 0.388 e. The van der Waals surface area contributed by atoms with Gasteiger partial charge >= 0.3 is 0 Å². The maximum Gasteiger partial charge on any atom is 0.194 e. The van der Waals surface area contributed by atoms with Crippen LogP contribution in [0.4, 0.5) is 0 Å². The van der Waals surface area contributed by atoms with Crippen LogP contribution in [0.3, 0.4) is 0 Å². The Balaban J connectivity index is 0.00000176. The molecule has 0 aromatic heterocycles. The van der Waals surface area contributed by atoms with Crippen LogP contribution in [0.25, 0.3) is 0 Å². The van der Waals surface area contributed by atoms with Crippen molar-refractivity contribution < 1.29 is 5.11 Å². The van der Waals surface area contributed by atoms with Gasteiger partial charge in [-0.1, -0.05) is 12.2 Å². The highest BCUT2D eigenvalue weighted by Crippen LogP contribution is 2.31. The molecule has 1 atom stereocenters. The number of likely N-dealkylation sites (tertiary alicyclic amines) is 1. The molecule has 3 aliphatic rings. The quantitative estimate of drug-likeness (QED) is 0.313. The predicted molar refractivity (Wildman–Crippen MR) is 101 cm³/mol. The number of hydrogen-bond donors (Lipinski definition) is 2. The van der Waals surface area contributed by atoms with Crippen molar-refractivity contribution >= 4 is 29.9 Å². The monoisotopic (exact) mass is 420 g/mol. The van der Waals surface area contributed by atoms with Gasteiger partial charge in [-0.25, -0.2) is 0 Å². The lowest BCUT2D eigenvalue weighted by atomic mass is 9.80. The van der Waals surface area contributed by atoms with Crippen molar-refractivity contribution in [2.75, 3.05) is 39.3 Å². The summed E-state index contributed by atoms with van der Waals surface area (Å²) in [4.78, 5) is 9.58. The van der Waals surface area contributed by atoms with Crippen LogP contribution < -0.4 is 5.32 Å². The van der Waals surface area contributed by atoms with Crippen molar-refractivity contribution in [2.45, 2.75) is 44.2 Å². The van der Waals surface area contributed by atoms with E-state index in [0.29, 0.717) is 12.6 Å². The Labute approximate surface area is 150 Å². The molecule has 126 valence electrons. The summed E-state index contributed by atoms with van der Waals surface area (Å²) in [6.07, 6.45) is 8.66. The maximum atomic E-state index is 10.2. The highest BCUT2D eigenvalue weighted by atomic mass is 127. The van der Waals surface area contributed by atoms with E-state index in [-0.39, 0.29) is 24.0 Å². The van der Waals surface area contributed by atoms with Crippen molar-refractivity contribution in [2.24, 2.45) is 4.99 Å². The van der Waals surface area contributed by atoms with Gasteiger partial charge in [-0.3, -0.25) is 9.89 Å². The molecule has 1 saturated heterocycles. The number of hydrogen-bond acceptors (Lipinski definition) is 3. The molecule has 2 fully saturated rings. The number of halogens is 1. The van der Waals surface area contributed by atoms with E-state index in [0.717, 1.165) is 57.9 Å². The van der Waals surface area contributed by atoms with Gasteiger partial charge in [0, 0.05) is 38.8 Å². The van der Waals surface area contributed by atoms with Crippen LogP contribution in [0.15, 0.2) is 17.1 Å². The summed E-state index contributed by atoms with van der Waals surface area (Å²) in [5.74, 6) is 0.979. The summed E-state index contributed by atoms with van der Waals surface area (Å²) in [5, 5.41) is 13.6. The highest BCUT2D eigenvalue weighted by molar-refractivity contribution is 14.0. The average molecular weight is 420 g/mol. The van der Waals surface area contributed by atoms with E-state index in [2.05, 4.69) is 34.2 Å². The molecule has 6 heteroatoms. The molecular weight excluding hydrogens is 391 g/mol. The second kappa shape index (κ2) is 7.97. The minimum absolute atomic E-state index is 0. The van der Waals surface area contributed by atoms with E-state index in [9.17, 15) is 5.11 Å². The molecule has 2 N–H and O–H groups in total. The molecule has 3 rings (SSSR count). The normalized spacial score (nSPS) is 27.6. The first kappa shape index (κ1) is 18.0. The topological polar surface area (TPSA) is 51.1 Å². The summed E-state index contributed by atoms with van der Waals surface area (Å²) in [5.41, 5.74) is -0.529. The minimum Gasteiger partial charge on any atom is -0.388 e. The van der Waals surface area contributed by atoms with Crippen LogP contribution >= 0.6 is 24.0 Å². The third kappa shape index (κ3) is 4.14. The fourth-order valence-corrected chi connectivity index (χ4v) is 3.42. The molecule has 1 aliphatic carbocycles. The van der Waals surface area contributed by atoms with Gasteiger partial charge in [0.15, 0.2) is 5.96 Å². The number of nitrogens with zero attached hydrogens (tertiary/aromatic N) is 3. The number of rotatable bonds is 4. The van der Waals surface area contributed by atoms with Crippen molar-refractivity contribution in [3.8, 4) is 0 Å². The Hall–Kier alpha value is -0.340. The molecule has 5 nitrogen and oxygen atoms in total. The first-order valence-electron chi connectivity index (χ1n) is 8.35. The Kier molecular flexibility index (Phi) is 6.52. The Morgan fingerprint density at radius 3 is 2.68 bits per heavy atom. The molecule has 0 radical (unpaired) electrons. The third-order valence-electron chi connectivity index (χ3n) is 4.97. The molecule has 0 aromatic rings. The average Bonchev–Trinajstić information content (AvgIpc) is 3.11. The molecule has 0 spiro atoms. The molecule has 1 unspecified atom stereocenters. The summed E-state index contributed by atoms with van der Waals surface area (Å²) >= 11 is 0. The highest BCUT2D eigenvalue weighted by Gasteiger charge is 2.35. The fraction of sp³-hybridized carbons (Fsp3) is 0.812. The van der Waals surface area contributed by atoms with Crippen molar-refractivity contribution in [1.82, 2.24) is 15.1 Å². The molecule has 2 heterocycles. The minimum atomic E-state index is -0.529. The van der Waals surface area contributed by atoms with Crippen LogP contribution in [-0.2, 0) is 0 Å². The van der Waals surface area contributed by atoms with Crippen molar-refractivity contribution in [3.05, 3.63) is 12.2 Å².